The number of carbonyl (C=O) groups excluding carboxylic acids is 1. The second kappa shape index (κ2) is 9.18. The van der Waals surface area contributed by atoms with Crippen LogP contribution >= 0.6 is 0 Å². The van der Waals surface area contributed by atoms with Crippen LogP contribution in [0.1, 0.15) is 39.2 Å². The summed E-state index contributed by atoms with van der Waals surface area (Å²) >= 11 is 0. The van der Waals surface area contributed by atoms with Gasteiger partial charge < -0.3 is 19.5 Å². The standard InChI is InChI=1S/C25H31FN4O2/c1-25(2,3)32-24(31)29-14-6-7-19(16-29)15-27-23-28-21-8-4-5-9-22(21)30(23)17-18-10-12-20(26)13-11-18/h4-5,8-13,19H,6-7,14-17H2,1-3H3,(H,27,28)/t19-/m1/s1. The van der Waals surface area contributed by atoms with Crippen LogP contribution in [0.3, 0.4) is 0 Å². The second-order valence-corrected chi connectivity index (χ2v) is 9.45. The van der Waals surface area contributed by atoms with Crippen LogP contribution in [0.15, 0.2) is 48.5 Å². The number of hydrogen-bond donors (Lipinski definition) is 1. The lowest BCUT2D eigenvalue weighted by atomic mass is 9.98. The van der Waals surface area contributed by atoms with E-state index in [0.717, 1.165) is 41.9 Å². The number of likely N-dealkylation sites (tertiary alicyclic amines) is 1. The van der Waals surface area contributed by atoms with Gasteiger partial charge in [-0.05, 0) is 69.4 Å². The molecule has 0 spiro atoms. The molecule has 1 aliphatic rings. The molecule has 1 amide bonds. The van der Waals surface area contributed by atoms with Gasteiger partial charge in [-0.15, -0.1) is 0 Å². The van der Waals surface area contributed by atoms with E-state index in [1.165, 1.54) is 12.1 Å². The molecule has 2 heterocycles. The maximum atomic E-state index is 13.3. The molecule has 0 unspecified atom stereocenters. The van der Waals surface area contributed by atoms with Crippen LogP contribution in [0.25, 0.3) is 11.0 Å². The van der Waals surface area contributed by atoms with Crippen LogP contribution < -0.4 is 5.32 Å². The zero-order chi connectivity index (χ0) is 22.7. The highest BCUT2D eigenvalue weighted by molar-refractivity contribution is 5.78. The molecule has 1 atom stereocenters. The third-order valence-electron chi connectivity index (χ3n) is 5.63. The van der Waals surface area contributed by atoms with Gasteiger partial charge in [-0.25, -0.2) is 14.2 Å². The molecule has 0 aliphatic carbocycles. The molecule has 0 bridgehead atoms. The van der Waals surface area contributed by atoms with E-state index in [4.69, 9.17) is 9.72 Å². The van der Waals surface area contributed by atoms with Gasteiger partial charge in [-0.1, -0.05) is 24.3 Å². The molecule has 6 nitrogen and oxygen atoms in total. The van der Waals surface area contributed by atoms with Gasteiger partial charge in [0.05, 0.1) is 17.6 Å². The number of piperidine rings is 1. The van der Waals surface area contributed by atoms with E-state index in [0.29, 0.717) is 25.6 Å². The number of amides is 1. The predicted octanol–water partition coefficient (Wildman–Crippen LogP) is 5.28. The zero-order valence-electron chi connectivity index (χ0n) is 19.0. The van der Waals surface area contributed by atoms with Crippen molar-refractivity contribution in [3.8, 4) is 0 Å². The van der Waals surface area contributed by atoms with Crippen molar-refractivity contribution in [2.75, 3.05) is 25.0 Å². The van der Waals surface area contributed by atoms with Gasteiger partial charge in [0, 0.05) is 19.6 Å². The topological polar surface area (TPSA) is 59.4 Å². The molecule has 1 fully saturated rings. The Morgan fingerprint density at radius 2 is 1.94 bits per heavy atom. The van der Waals surface area contributed by atoms with Crippen molar-refractivity contribution in [3.63, 3.8) is 0 Å². The third kappa shape index (κ3) is 5.39. The van der Waals surface area contributed by atoms with Crippen LogP contribution in [0.2, 0.25) is 0 Å². The van der Waals surface area contributed by atoms with Crippen molar-refractivity contribution in [1.29, 1.82) is 0 Å². The summed E-state index contributed by atoms with van der Waals surface area (Å²) in [6.07, 6.45) is 1.76. The molecule has 32 heavy (non-hydrogen) atoms. The van der Waals surface area contributed by atoms with E-state index in [9.17, 15) is 9.18 Å². The quantitative estimate of drug-likeness (QED) is 0.589. The Bertz CT molecular complexity index is 1070. The SMILES string of the molecule is CC(C)(C)OC(=O)N1CCC[C@H](CNc2nc3ccccc3n2Cc2ccc(F)cc2)C1. The molecule has 4 rings (SSSR count). The summed E-state index contributed by atoms with van der Waals surface area (Å²) in [6.45, 7) is 8.37. The average Bonchev–Trinajstić information content (AvgIpc) is 3.10. The largest absolute Gasteiger partial charge is 0.444 e. The summed E-state index contributed by atoms with van der Waals surface area (Å²) in [7, 11) is 0. The molecule has 7 heteroatoms. The average molecular weight is 439 g/mol. The highest BCUT2D eigenvalue weighted by Gasteiger charge is 2.27. The number of fused-ring (bicyclic) bond motifs is 1. The first-order chi connectivity index (χ1) is 15.3. The minimum Gasteiger partial charge on any atom is -0.444 e. The number of para-hydroxylation sites is 2. The maximum Gasteiger partial charge on any atom is 0.410 e. The monoisotopic (exact) mass is 438 g/mol. The van der Waals surface area contributed by atoms with E-state index in [2.05, 4.69) is 9.88 Å². The molecular weight excluding hydrogens is 407 g/mol. The van der Waals surface area contributed by atoms with Gasteiger partial charge in [0.2, 0.25) is 5.95 Å². The summed E-state index contributed by atoms with van der Waals surface area (Å²) in [6, 6.07) is 14.6. The van der Waals surface area contributed by atoms with Gasteiger partial charge in [0.15, 0.2) is 0 Å². The molecule has 1 N–H and O–H groups in total. The Kier molecular flexibility index (Phi) is 6.35. The highest BCUT2D eigenvalue weighted by Crippen LogP contribution is 2.24. The first-order valence-electron chi connectivity index (χ1n) is 11.2. The number of halogens is 1. The van der Waals surface area contributed by atoms with Crippen LogP contribution in [-0.4, -0.2) is 45.8 Å². The van der Waals surface area contributed by atoms with Gasteiger partial charge in [0.25, 0.3) is 0 Å². The predicted molar refractivity (Wildman–Crippen MR) is 124 cm³/mol. The Labute approximate surface area is 188 Å². The van der Waals surface area contributed by atoms with Crippen molar-refractivity contribution in [3.05, 3.63) is 59.9 Å². The molecule has 3 aromatic rings. The van der Waals surface area contributed by atoms with Crippen molar-refractivity contribution >= 4 is 23.1 Å². The summed E-state index contributed by atoms with van der Waals surface area (Å²) in [5, 5.41) is 3.51. The number of nitrogens with one attached hydrogen (secondary N) is 1. The number of anilines is 1. The number of carbonyl (C=O) groups is 1. The van der Waals surface area contributed by atoms with E-state index in [1.807, 2.05) is 49.9 Å². The lowest BCUT2D eigenvalue weighted by Gasteiger charge is -2.34. The van der Waals surface area contributed by atoms with E-state index < -0.39 is 5.60 Å². The molecule has 1 aromatic heterocycles. The van der Waals surface area contributed by atoms with Gasteiger partial charge in [0.1, 0.15) is 11.4 Å². The summed E-state index contributed by atoms with van der Waals surface area (Å²) in [5.74, 6) is 0.856. The van der Waals surface area contributed by atoms with E-state index in [1.54, 1.807) is 12.1 Å². The van der Waals surface area contributed by atoms with Gasteiger partial charge >= 0.3 is 6.09 Å². The minimum absolute atomic E-state index is 0.241. The van der Waals surface area contributed by atoms with Crippen LogP contribution in [0.5, 0.6) is 0 Å². The number of imidazole rings is 1. The minimum atomic E-state index is -0.493. The Morgan fingerprint density at radius 1 is 1.19 bits per heavy atom. The molecule has 0 saturated carbocycles. The fourth-order valence-corrected chi connectivity index (χ4v) is 4.10. The summed E-state index contributed by atoms with van der Waals surface area (Å²) in [5.41, 5.74) is 2.45. The smallest absolute Gasteiger partial charge is 0.410 e. The highest BCUT2D eigenvalue weighted by atomic mass is 19.1. The number of hydrogen-bond acceptors (Lipinski definition) is 4. The van der Waals surface area contributed by atoms with Gasteiger partial charge in [-0.3, -0.25) is 0 Å². The normalized spacial score (nSPS) is 16.9. The fourth-order valence-electron chi connectivity index (χ4n) is 4.10. The lowest BCUT2D eigenvalue weighted by Crippen LogP contribution is -2.44. The molecule has 170 valence electrons. The number of aromatic nitrogens is 2. The van der Waals surface area contributed by atoms with Crippen molar-refractivity contribution in [2.24, 2.45) is 5.92 Å². The first kappa shape index (κ1) is 22.1. The summed E-state index contributed by atoms with van der Waals surface area (Å²) in [4.78, 5) is 19.1. The number of nitrogens with zero attached hydrogens (tertiary/aromatic N) is 3. The molecule has 0 radical (unpaired) electrons. The lowest BCUT2D eigenvalue weighted by molar-refractivity contribution is 0.0172. The third-order valence-corrected chi connectivity index (χ3v) is 5.63. The molecule has 1 aliphatic heterocycles. The second-order valence-electron chi connectivity index (χ2n) is 9.45. The van der Waals surface area contributed by atoms with E-state index >= 15 is 0 Å². The molecule has 2 aromatic carbocycles. The van der Waals surface area contributed by atoms with Crippen molar-refractivity contribution in [2.45, 2.75) is 45.8 Å². The first-order valence-corrected chi connectivity index (χ1v) is 11.2. The van der Waals surface area contributed by atoms with Gasteiger partial charge in [-0.2, -0.15) is 0 Å². The summed E-state index contributed by atoms with van der Waals surface area (Å²) < 4.78 is 21.0. The van der Waals surface area contributed by atoms with Crippen LogP contribution in [-0.2, 0) is 11.3 Å². The fraction of sp³-hybridized carbons (Fsp3) is 0.440. The van der Waals surface area contributed by atoms with Crippen LogP contribution in [0, 0.1) is 11.7 Å². The maximum absolute atomic E-state index is 13.3. The van der Waals surface area contributed by atoms with Crippen molar-refractivity contribution in [1.82, 2.24) is 14.5 Å². The number of benzene rings is 2. The number of ether oxygens (including phenoxy) is 1. The number of rotatable bonds is 5. The van der Waals surface area contributed by atoms with E-state index in [-0.39, 0.29) is 11.9 Å². The molecular formula is C25H31FN4O2. The van der Waals surface area contributed by atoms with Crippen molar-refractivity contribution < 1.29 is 13.9 Å². The zero-order valence-corrected chi connectivity index (χ0v) is 19.0. The molecule has 1 saturated heterocycles. The Morgan fingerprint density at radius 3 is 2.69 bits per heavy atom. The van der Waals surface area contributed by atoms with Crippen LogP contribution in [0.4, 0.5) is 15.1 Å². The Hall–Kier alpha value is -3.09. The Balaban J connectivity index is 1.47.